The first kappa shape index (κ1) is 15.3. The van der Waals surface area contributed by atoms with E-state index in [0.717, 1.165) is 25.1 Å². The molecule has 1 aliphatic heterocycles. The fourth-order valence-electron chi connectivity index (χ4n) is 2.12. The van der Waals surface area contributed by atoms with E-state index in [1.807, 2.05) is 26.1 Å². The molecule has 1 aromatic carbocycles. The highest BCUT2D eigenvalue weighted by molar-refractivity contribution is 6.33. The Morgan fingerprint density at radius 3 is 2.78 bits per heavy atom. The molecule has 1 fully saturated rings. The Morgan fingerprint density at radius 1 is 1.50 bits per heavy atom. The maximum absolute atomic E-state index is 12.3. The number of aryl methyl sites for hydroxylation is 1. The van der Waals surface area contributed by atoms with Crippen LogP contribution in [0.4, 0.5) is 0 Å². The van der Waals surface area contributed by atoms with E-state index in [9.17, 15) is 4.79 Å². The fourth-order valence-corrected chi connectivity index (χ4v) is 2.44. The third-order valence-electron chi connectivity index (χ3n) is 3.26. The molecule has 0 bridgehead atoms. The van der Waals surface area contributed by atoms with Gasteiger partial charge in [-0.25, -0.2) is 0 Å². The molecule has 0 aromatic heterocycles. The largest absolute Gasteiger partial charge is 0.337 e. The van der Waals surface area contributed by atoms with Crippen LogP contribution in [-0.2, 0) is 0 Å². The molecule has 3 nitrogen and oxygen atoms in total. The topological polar surface area (TPSA) is 32.3 Å². The zero-order valence-corrected chi connectivity index (χ0v) is 12.1. The predicted octanol–water partition coefficient (Wildman–Crippen LogP) is 2.50. The molecule has 1 unspecified atom stereocenters. The van der Waals surface area contributed by atoms with Crippen LogP contribution >= 0.6 is 24.0 Å². The Morgan fingerprint density at radius 2 is 2.22 bits per heavy atom. The molecule has 0 saturated carbocycles. The summed E-state index contributed by atoms with van der Waals surface area (Å²) in [6.45, 7) is 3.81. The van der Waals surface area contributed by atoms with Gasteiger partial charge in [-0.2, -0.15) is 0 Å². The Kier molecular flexibility index (Phi) is 5.45. The van der Waals surface area contributed by atoms with Crippen LogP contribution in [0.5, 0.6) is 0 Å². The van der Waals surface area contributed by atoms with E-state index >= 15 is 0 Å². The Labute approximate surface area is 119 Å². The second-order valence-corrected chi connectivity index (χ2v) is 4.95. The molecule has 100 valence electrons. The monoisotopic (exact) mass is 288 g/mol. The molecule has 1 heterocycles. The number of nitrogens with zero attached hydrogens (tertiary/aromatic N) is 1. The van der Waals surface area contributed by atoms with Crippen LogP contribution < -0.4 is 5.32 Å². The van der Waals surface area contributed by atoms with Crippen molar-refractivity contribution in [3.8, 4) is 0 Å². The van der Waals surface area contributed by atoms with Gasteiger partial charge in [0.05, 0.1) is 10.6 Å². The van der Waals surface area contributed by atoms with Crippen molar-refractivity contribution in [2.24, 2.45) is 0 Å². The maximum Gasteiger partial charge on any atom is 0.255 e. The lowest BCUT2D eigenvalue weighted by molar-refractivity contribution is 0.0744. The number of rotatable bonds is 2. The van der Waals surface area contributed by atoms with E-state index in [4.69, 9.17) is 11.6 Å². The third-order valence-corrected chi connectivity index (χ3v) is 3.57. The zero-order valence-electron chi connectivity index (χ0n) is 10.6. The van der Waals surface area contributed by atoms with Gasteiger partial charge in [0.25, 0.3) is 5.91 Å². The molecule has 0 radical (unpaired) electrons. The van der Waals surface area contributed by atoms with Gasteiger partial charge in [-0.05, 0) is 37.6 Å². The molecule has 1 saturated heterocycles. The molecule has 5 heteroatoms. The number of likely N-dealkylation sites (N-methyl/N-ethyl adjacent to an activating group) is 1. The second kappa shape index (κ2) is 6.41. The van der Waals surface area contributed by atoms with Gasteiger partial charge in [0.15, 0.2) is 0 Å². The average Bonchev–Trinajstić information content (AvgIpc) is 2.80. The van der Waals surface area contributed by atoms with Crippen molar-refractivity contribution in [3.63, 3.8) is 0 Å². The third kappa shape index (κ3) is 3.16. The van der Waals surface area contributed by atoms with Crippen molar-refractivity contribution in [1.82, 2.24) is 10.2 Å². The average molecular weight is 289 g/mol. The van der Waals surface area contributed by atoms with Gasteiger partial charge in [-0.1, -0.05) is 17.7 Å². The maximum atomic E-state index is 12.3. The van der Waals surface area contributed by atoms with Crippen LogP contribution in [0.15, 0.2) is 18.2 Å². The van der Waals surface area contributed by atoms with Gasteiger partial charge in [-0.3, -0.25) is 4.79 Å². The first-order chi connectivity index (χ1) is 8.09. The van der Waals surface area contributed by atoms with Crippen molar-refractivity contribution in [2.45, 2.75) is 19.4 Å². The molecule has 1 aliphatic rings. The Bertz CT molecular complexity index is 431. The number of hydrogen-bond donors (Lipinski definition) is 1. The van der Waals surface area contributed by atoms with Crippen LogP contribution in [0, 0.1) is 6.92 Å². The summed E-state index contributed by atoms with van der Waals surface area (Å²) in [5.74, 6) is 0.00343. The second-order valence-electron chi connectivity index (χ2n) is 4.55. The molecule has 0 aliphatic carbocycles. The van der Waals surface area contributed by atoms with Crippen LogP contribution in [0.2, 0.25) is 5.02 Å². The summed E-state index contributed by atoms with van der Waals surface area (Å²) in [4.78, 5) is 14.1. The minimum atomic E-state index is 0. The molecular formula is C13H18Cl2N2O. The Hall–Kier alpha value is -0.770. The van der Waals surface area contributed by atoms with Gasteiger partial charge in [0.2, 0.25) is 0 Å². The number of carbonyl (C=O) groups is 1. The summed E-state index contributed by atoms with van der Waals surface area (Å²) in [5, 5.41) is 3.79. The van der Waals surface area contributed by atoms with E-state index in [-0.39, 0.29) is 24.4 Å². The molecule has 18 heavy (non-hydrogen) atoms. The number of carbonyl (C=O) groups excluding carboxylic acids is 1. The van der Waals surface area contributed by atoms with Crippen LogP contribution in [0.1, 0.15) is 22.3 Å². The number of hydrogen-bond acceptors (Lipinski definition) is 2. The fraction of sp³-hybridized carbons (Fsp3) is 0.462. The lowest BCUT2D eigenvalue weighted by Crippen LogP contribution is -2.38. The van der Waals surface area contributed by atoms with Crippen molar-refractivity contribution < 1.29 is 4.79 Å². The summed E-state index contributed by atoms with van der Waals surface area (Å²) in [6, 6.07) is 5.83. The molecule has 0 spiro atoms. The van der Waals surface area contributed by atoms with Crippen LogP contribution in [0.25, 0.3) is 0 Å². The van der Waals surface area contributed by atoms with Crippen molar-refractivity contribution >= 4 is 29.9 Å². The molecule has 1 N–H and O–H groups in total. The summed E-state index contributed by atoms with van der Waals surface area (Å²) in [6.07, 6.45) is 1.01. The molecule has 1 atom stereocenters. The summed E-state index contributed by atoms with van der Waals surface area (Å²) in [7, 11) is 1.84. The minimum Gasteiger partial charge on any atom is -0.337 e. The van der Waals surface area contributed by atoms with Gasteiger partial charge in [0, 0.05) is 19.6 Å². The van der Waals surface area contributed by atoms with E-state index in [0.29, 0.717) is 10.6 Å². The smallest absolute Gasteiger partial charge is 0.255 e. The molecule has 1 amide bonds. The van der Waals surface area contributed by atoms with Gasteiger partial charge >= 0.3 is 0 Å². The lowest BCUT2D eigenvalue weighted by atomic mass is 10.1. The summed E-state index contributed by atoms with van der Waals surface area (Å²) < 4.78 is 0. The van der Waals surface area contributed by atoms with Crippen LogP contribution in [0.3, 0.4) is 0 Å². The van der Waals surface area contributed by atoms with Crippen molar-refractivity contribution in [3.05, 3.63) is 34.3 Å². The number of benzene rings is 1. The van der Waals surface area contributed by atoms with Crippen molar-refractivity contribution in [1.29, 1.82) is 0 Å². The highest BCUT2D eigenvalue weighted by atomic mass is 35.5. The first-order valence-corrected chi connectivity index (χ1v) is 6.21. The van der Waals surface area contributed by atoms with Gasteiger partial charge in [-0.15, -0.1) is 12.4 Å². The predicted molar refractivity (Wildman–Crippen MR) is 76.8 cm³/mol. The van der Waals surface area contributed by atoms with E-state index < -0.39 is 0 Å². The molecule has 1 aromatic rings. The van der Waals surface area contributed by atoms with Gasteiger partial charge < -0.3 is 10.2 Å². The van der Waals surface area contributed by atoms with Crippen LogP contribution in [-0.4, -0.2) is 37.0 Å². The molecule has 2 rings (SSSR count). The standard InChI is InChI=1S/C13H17ClN2O.ClH/c1-9-3-4-11(12(14)7-9)13(17)16(2)10-5-6-15-8-10;/h3-4,7,10,15H,5-6,8H2,1-2H3;1H. The highest BCUT2D eigenvalue weighted by Crippen LogP contribution is 2.20. The van der Waals surface area contributed by atoms with Gasteiger partial charge in [0.1, 0.15) is 0 Å². The number of amides is 1. The lowest BCUT2D eigenvalue weighted by Gasteiger charge is -2.24. The minimum absolute atomic E-state index is 0. The number of nitrogens with one attached hydrogen (secondary N) is 1. The SMILES string of the molecule is Cc1ccc(C(=O)N(C)C2CCNC2)c(Cl)c1.Cl. The normalized spacial score (nSPS) is 18.3. The zero-order chi connectivity index (χ0) is 12.4. The van der Waals surface area contributed by atoms with E-state index in [1.54, 1.807) is 11.0 Å². The summed E-state index contributed by atoms with van der Waals surface area (Å²) in [5.41, 5.74) is 1.66. The highest BCUT2D eigenvalue weighted by Gasteiger charge is 2.25. The van der Waals surface area contributed by atoms with Crippen molar-refractivity contribution in [2.75, 3.05) is 20.1 Å². The summed E-state index contributed by atoms with van der Waals surface area (Å²) >= 11 is 6.11. The molecular weight excluding hydrogens is 271 g/mol. The Balaban J connectivity index is 0.00000162. The quantitative estimate of drug-likeness (QED) is 0.907. The van der Waals surface area contributed by atoms with E-state index in [1.165, 1.54) is 0 Å². The first-order valence-electron chi connectivity index (χ1n) is 5.83. The van der Waals surface area contributed by atoms with E-state index in [2.05, 4.69) is 5.32 Å². The number of halogens is 2.